The van der Waals surface area contributed by atoms with Crippen LogP contribution in [0.25, 0.3) is 6.08 Å². The molecule has 1 aromatic rings. The van der Waals surface area contributed by atoms with Crippen molar-refractivity contribution in [1.82, 2.24) is 0 Å². The van der Waals surface area contributed by atoms with E-state index in [1.165, 1.54) is 6.08 Å². The van der Waals surface area contributed by atoms with Crippen molar-refractivity contribution in [3.8, 4) is 11.8 Å². The number of carbonyl (C=O) groups is 1. The van der Waals surface area contributed by atoms with Gasteiger partial charge in [0.15, 0.2) is 6.10 Å². The molecule has 0 saturated carbocycles. The van der Waals surface area contributed by atoms with Crippen LogP contribution in [0.3, 0.4) is 0 Å². The zero-order chi connectivity index (χ0) is 12.8. The Morgan fingerprint density at radius 1 is 1.65 bits per heavy atom. The molecule has 0 spiro atoms. The molecule has 0 amide bonds. The number of nitrogens with zero attached hydrogens (tertiary/aromatic N) is 1. The first kappa shape index (κ1) is 13.1. The summed E-state index contributed by atoms with van der Waals surface area (Å²) in [4.78, 5) is 10.5. The SMILES string of the molecule is CC(C#N)Oc1cccc(Cl)c1/C=C/C(=O)O. The van der Waals surface area contributed by atoms with Gasteiger partial charge in [-0.2, -0.15) is 5.26 Å². The molecule has 0 bridgehead atoms. The van der Waals surface area contributed by atoms with Crippen molar-refractivity contribution >= 4 is 23.6 Å². The number of rotatable bonds is 4. The predicted molar refractivity (Wildman–Crippen MR) is 63.8 cm³/mol. The zero-order valence-corrected chi connectivity index (χ0v) is 9.81. The van der Waals surface area contributed by atoms with Gasteiger partial charge in [-0.15, -0.1) is 0 Å². The second kappa shape index (κ2) is 5.92. The van der Waals surface area contributed by atoms with Gasteiger partial charge in [-0.05, 0) is 25.1 Å². The standard InChI is InChI=1S/C12H10ClNO3/c1-8(7-14)17-11-4-2-3-10(13)9(11)5-6-12(15)16/h2-6,8H,1H3,(H,15,16)/b6-5+. The summed E-state index contributed by atoms with van der Waals surface area (Å²) in [6, 6.07) is 6.83. The molecule has 0 heterocycles. The minimum absolute atomic E-state index is 0.366. The van der Waals surface area contributed by atoms with Gasteiger partial charge in [0, 0.05) is 11.6 Å². The Hall–Kier alpha value is -1.99. The number of aliphatic carboxylic acids is 1. The highest BCUT2D eigenvalue weighted by Gasteiger charge is 2.09. The number of hydrogen-bond donors (Lipinski definition) is 1. The van der Waals surface area contributed by atoms with Crippen molar-refractivity contribution in [3.05, 3.63) is 34.9 Å². The van der Waals surface area contributed by atoms with E-state index in [9.17, 15) is 4.79 Å². The van der Waals surface area contributed by atoms with Gasteiger partial charge in [-0.3, -0.25) is 0 Å². The van der Waals surface area contributed by atoms with Crippen LogP contribution in [-0.2, 0) is 4.79 Å². The van der Waals surface area contributed by atoms with E-state index in [1.54, 1.807) is 25.1 Å². The highest BCUT2D eigenvalue weighted by atomic mass is 35.5. The molecule has 0 saturated heterocycles. The van der Waals surface area contributed by atoms with E-state index in [0.717, 1.165) is 6.08 Å². The van der Waals surface area contributed by atoms with Crippen molar-refractivity contribution in [2.75, 3.05) is 0 Å². The summed E-state index contributed by atoms with van der Waals surface area (Å²) in [6.07, 6.45) is 1.67. The third-order valence-electron chi connectivity index (χ3n) is 1.89. The normalized spacial score (nSPS) is 12.1. The number of hydrogen-bond acceptors (Lipinski definition) is 3. The van der Waals surface area contributed by atoms with Crippen LogP contribution in [0.15, 0.2) is 24.3 Å². The minimum Gasteiger partial charge on any atom is -0.478 e. The van der Waals surface area contributed by atoms with Gasteiger partial charge in [0.1, 0.15) is 11.8 Å². The third kappa shape index (κ3) is 3.82. The number of benzene rings is 1. The molecule has 5 heteroatoms. The molecule has 1 aromatic carbocycles. The van der Waals surface area contributed by atoms with Gasteiger partial charge in [0.05, 0.1) is 5.02 Å². The number of carboxylic acids is 1. The largest absolute Gasteiger partial charge is 0.478 e. The number of carboxylic acid groups (broad SMARTS) is 1. The smallest absolute Gasteiger partial charge is 0.328 e. The zero-order valence-electron chi connectivity index (χ0n) is 9.05. The van der Waals surface area contributed by atoms with E-state index in [4.69, 9.17) is 26.7 Å². The van der Waals surface area contributed by atoms with Crippen molar-refractivity contribution in [2.24, 2.45) is 0 Å². The summed E-state index contributed by atoms with van der Waals surface area (Å²) in [5, 5.41) is 17.6. The molecule has 0 aromatic heterocycles. The van der Waals surface area contributed by atoms with E-state index in [-0.39, 0.29) is 0 Å². The minimum atomic E-state index is -1.08. The molecule has 1 rings (SSSR count). The topological polar surface area (TPSA) is 70.3 Å². The van der Waals surface area contributed by atoms with E-state index in [1.807, 2.05) is 6.07 Å². The van der Waals surface area contributed by atoms with Gasteiger partial charge in [-0.1, -0.05) is 17.7 Å². The summed E-state index contributed by atoms with van der Waals surface area (Å²) >= 11 is 5.93. The predicted octanol–water partition coefficient (Wildman–Crippen LogP) is 2.73. The Bertz CT molecular complexity index is 491. The molecule has 1 N–H and O–H groups in total. The Kier molecular flexibility index (Phi) is 4.56. The second-order valence-electron chi connectivity index (χ2n) is 3.21. The number of ether oxygens (including phenoxy) is 1. The summed E-state index contributed by atoms with van der Waals surface area (Å²) in [7, 11) is 0. The van der Waals surface area contributed by atoms with Crippen LogP contribution in [0, 0.1) is 11.3 Å². The van der Waals surface area contributed by atoms with Crippen molar-refractivity contribution in [1.29, 1.82) is 5.26 Å². The molecule has 0 aliphatic rings. The van der Waals surface area contributed by atoms with Crippen LogP contribution in [0.1, 0.15) is 12.5 Å². The van der Waals surface area contributed by atoms with E-state index >= 15 is 0 Å². The lowest BCUT2D eigenvalue weighted by atomic mass is 10.2. The maximum atomic E-state index is 10.5. The molecule has 17 heavy (non-hydrogen) atoms. The number of halogens is 1. The summed E-state index contributed by atoms with van der Waals surface area (Å²) in [5.74, 6) is -0.701. The molecule has 4 nitrogen and oxygen atoms in total. The Morgan fingerprint density at radius 3 is 2.94 bits per heavy atom. The lowest BCUT2D eigenvalue weighted by Crippen LogP contribution is -2.09. The van der Waals surface area contributed by atoms with Crippen LogP contribution in [0.4, 0.5) is 0 Å². The van der Waals surface area contributed by atoms with E-state index in [2.05, 4.69) is 0 Å². The average molecular weight is 252 g/mol. The van der Waals surface area contributed by atoms with Crippen LogP contribution in [0.5, 0.6) is 5.75 Å². The number of nitriles is 1. The molecular weight excluding hydrogens is 242 g/mol. The Balaban J connectivity index is 3.09. The molecule has 0 fully saturated rings. The summed E-state index contributed by atoms with van der Waals surface area (Å²) in [5.41, 5.74) is 0.443. The molecule has 0 aliphatic heterocycles. The molecular formula is C12H10ClNO3. The van der Waals surface area contributed by atoms with Gasteiger partial charge in [0.25, 0.3) is 0 Å². The summed E-state index contributed by atoms with van der Waals surface area (Å²) in [6.45, 7) is 1.59. The van der Waals surface area contributed by atoms with Crippen LogP contribution >= 0.6 is 11.6 Å². The van der Waals surface area contributed by atoms with Crippen LogP contribution in [-0.4, -0.2) is 17.2 Å². The van der Waals surface area contributed by atoms with Gasteiger partial charge >= 0.3 is 5.97 Å². The average Bonchev–Trinajstić information content (AvgIpc) is 2.27. The van der Waals surface area contributed by atoms with E-state index < -0.39 is 12.1 Å². The molecule has 1 unspecified atom stereocenters. The Morgan fingerprint density at radius 2 is 2.35 bits per heavy atom. The fourth-order valence-electron chi connectivity index (χ4n) is 1.15. The molecule has 88 valence electrons. The van der Waals surface area contributed by atoms with Crippen LogP contribution in [0.2, 0.25) is 5.02 Å². The van der Waals surface area contributed by atoms with Gasteiger partial charge in [-0.25, -0.2) is 4.79 Å². The first-order valence-corrected chi connectivity index (χ1v) is 5.18. The Labute approximate surface area is 104 Å². The maximum Gasteiger partial charge on any atom is 0.328 e. The fraction of sp³-hybridized carbons (Fsp3) is 0.167. The van der Waals surface area contributed by atoms with Crippen molar-refractivity contribution < 1.29 is 14.6 Å². The van der Waals surface area contributed by atoms with Crippen molar-refractivity contribution in [3.63, 3.8) is 0 Å². The summed E-state index contributed by atoms with van der Waals surface area (Å²) < 4.78 is 5.32. The molecule has 0 aliphatic carbocycles. The first-order valence-electron chi connectivity index (χ1n) is 4.80. The lowest BCUT2D eigenvalue weighted by Gasteiger charge is -2.11. The maximum absolute atomic E-state index is 10.5. The highest BCUT2D eigenvalue weighted by Crippen LogP contribution is 2.28. The lowest BCUT2D eigenvalue weighted by molar-refractivity contribution is -0.131. The van der Waals surface area contributed by atoms with Crippen molar-refractivity contribution in [2.45, 2.75) is 13.0 Å². The highest BCUT2D eigenvalue weighted by molar-refractivity contribution is 6.32. The van der Waals surface area contributed by atoms with Gasteiger partial charge in [0.2, 0.25) is 0 Å². The quantitative estimate of drug-likeness (QED) is 0.836. The van der Waals surface area contributed by atoms with Gasteiger partial charge < -0.3 is 9.84 Å². The first-order chi connectivity index (χ1) is 8.04. The monoisotopic (exact) mass is 251 g/mol. The van der Waals surface area contributed by atoms with E-state index in [0.29, 0.717) is 16.3 Å². The molecule has 0 radical (unpaired) electrons. The second-order valence-corrected chi connectivity index (χ2v) is 3.62. The van der Waals surface area contributed by atoms with Crippen LogP contribution < -0.4 is 4.74 Å². The molecule has 1 atom stereocenters. The fourth-order valence-corrected chi connectivity index (χ4v) is 1.38. The third-order valence-corrected chi connectivity index (χ3v) is 2.22.